The van der Waals surface area contributed by atoms with Crippen molar-refractivity contribution in [2.75, 3.05) is 37.0 Å². The molecule has 1 aliphatic rings. The number of nitrogens with two attached hydrogens (primary N) is 1. The van der Waals surface area contributed by atoms with Gasteiger partial charge in [-0.15, -0.1) is 0 Å². The Morgan fingerprint density at radius 3 is 2.86 bits per heavy atom. The zero-order valence-corrected chi connectivity index (χ0v) is 12.4. The molecule has 9 nitrogen and oxygen atoms in total. The van der Waals surface area contributed by atoms with Gasteiger partial charge >= 0.3 is 6.01 Å². The number of anilines is 2. The highest BCUT2D eigenvalue weighted by molar-refractivity contribution is 5.83. The monoisotopic (exact) mass is 296 g/mol. The molecule has 9 heteroatoms. The lowest BCUT2D eigenvalue weighted by Crippen LogP contribution is -2.53. The van der Waals surface area contributed by atoms with Crippen LogP contribution in [-0.4, -0.2) is 59.8 Å². The molecule has 2 heterocycles. The summed E-state index contributed by atoms with van der Waals surface area (Å²) in [5, 5.41) is 2.85. The number of primary amides is 1. The van der Waals surface area contributed by atoms with Crippen LogP contribution in [0.5, 0.6) is 6.01 Å². The van der Waals surface area contributed by atoms with Gasteiger partial charge < -0.3 is 25.4 Å². The van der Waals surface area contributed by atoms with E-state index in [0.717, 1.165) is 0 Å². The number of rotatable bonds is 5. The molecule has 21 heavy (non-hydrogen) atoms. The lowest BCUT2D eigenvalue weighted by Gasteiger charge is -2.33. The van der Waals surface area contributed by atoms with E-state index >= 15 is 0 Å². The van der Waals surface area contributed by atoms with E-state index in [1.54, 1.807) is 11.9 Å². The van der Waals surface area contributed by atoms with Crippen molar-refractivity contribution in [2.45, 2.75) is 26.0 Å². The second-order valence-electron chi connectivity index (χ2n) is 4.84. The van der Waals surface area contributed by atoms with Crippen LogP contribution in [0.4, 0.5) is 11.9 Å². The molecular formula is C12H20N6O3. The Labute approximate surface area is 122 Å². The molecule has 0 saturated carbocycles. The van der Waals surface area contributed by atoms with Gasteiger partial charge in [-0.3, -0.25) is 4.79 Å². The molecule has 0 bridgehead atoms. The molecule has 1 aliphatic heterocycles. The first-order valence-corrected chi connectivity index (χ1v) is 6.75. The fraction of sp³-hybridized carbons (Fsp3) is 0.667. The van der Waals surface area contributed by atoms with Gasteiger partial charge in [0, 0.05) is 13.6 Å². The molecule has 1 fully saturated rings. The lowest BCUT2D eigenvalue weighted by atomic mass is 10.2. The van der Waals surface area contributed by atoms with Crippen LogP contribution in [0.25, 0.3) is 0 Å². The summed E-state index contributed by atoms with van der Waals surface area (Å²) in [5.74, 6) is 0.231. The average Bonchev–Trinajstić information content (AvgIpc) is 2.46. The minimum absolute atomic E-state index is 0.0680. The molecule has 1 aromatic heterocycles. The zero-order chi connectivity index (χ0) is 15.4. The minimum Gasteiger partial charge on any atom is -0.461 e. The number of carbonyl (C=O) groups excluding carboxylic acids is 1. The highest BCUT2D eigenvalue weighted by atomic mass is 16.5. The number of hydrogen-bond acceptors (Lipinski definition) is 8. The third-order valence-electron chi connectivity index (χ3n) is 2.88. The number of hydrogen-bond donors (Lipinski definition) is 2. The first-order valence-electron chi connectivity index (χ1n) is 6.75. The Balaban J connectivity index is 2.33. The molecule has 1 unspecified atom stereocenters. The summed E-state index contributed by atoms with van der Waals surface area (Å²) in [6.45, 7) is 4.93. The van der Waals surface area contributed by atoms with Gasteiger partial charge in [-0.1, -0.05) is 0 Å². The number of nitrogens with one attached hydrogen (secondary N) is 1. The van der Waals surface area contributed by atoms with Crippen molar-refractivity contribution in [2.24, 2.45) is 5.73 Å². The highest BCUT2D eigenvalue weighted by Gasteiger charge is 2.30. The Bertz CT molecular complexity index is 510. The van der Waals surface area contributed by atoms with Crippen LogP contribution in [0.15, 0.2) is 0 Å². The third kappa shape index (κ3) is 3.69. The molecule has 1 atom stereocenters. The van der Waals surface area contributed by atoms with Gasteiger partial charge in [0.15, 0.2) is 0 Å². The molecule has 1 amide bonds. The molecule has 116 valence electrons. The number of aromatic nitrogens is 3. The maximum absolute atomic E-state index is 11.5. The summed E-state index contributed by atoms with van der Waals surface area (Å²) in [6, 6.07) is -0.396. The molecule has 0 aromatic carbocycles. The van der Waals surface area contributed by atoms with E-state index in [-0.39, 0.29) is 18.7 Å². The van der Waals surface area contributed by atoms with Gasteiger partial charge in [-0.2, -0.15) is 15.0 Å². The van der Waals surface area contributed by atoms with Crippen LogP contribution >= 0.6 is 0 Å². The molecule has 0 radical (unpaired) electrons. The van der Waals surface area contributed by atoms with E-state index in [2.05, 4.69) is 20.3 Å². The molecule has 3 N–H and O–H groups in total. The first-order chi connectivity index (χ1) is 10.0. The van der Waals surface area contributed by atoms with E-state index in [0.29, 0.717) is 25.0 Å². The SMILES string of the molecule is CNc1nc(OC(C)C)nc(N2CCOCC2C(N)=O)n1. The van der Waals surface area contributed by atoms with Crippen LogP contribution in [0.2, 0.25) is 0 Å². The fourth-order valence-electron chi connectivity index (χ4n) is 1.93. The molecule has 0 spiro atoms. The van der Waals surface area contributed by atoms with Gasteiger partial charge in [-0.05, 0) is 13.8 Å². The summed E-state index contributed by atoms with van der Waals surface area (Å²) in [4.78, 5) is 25.9. The van der Waals surface area contributed by atoms with E-state index in [4.69, 9.17) is 15.2 Å². The van der Waals surface area contributed by atoms with Crippen LogP contribution in [-0.2, 0) is 9.53 Å². The summed E-state index contributed by atoms with van der Waals surface area (Å²) in [6.07, 6.45) is -0.0680. The van der Waals surface area contributed by atoms with Crippen molar-refractivity contribution < 1.29 is 14.3 Å². The predicted octanol–water partition coefficient (Wildman–Crippen LogP) is -0.609. The van der Waals surface area contributed by atoms with Crippen LogP contribution in [0, 0.1) is 0 Å². The van der Waals surface area contributed by atoms with Crippen LogP contribution < -0.4 is 20.7 Å². The average molecular weight is 296 g/mol. The van der Waals surface area contributed by atoms with E-state index in [1.807, 2.05) is 13.8 Å². The number of ether oxygens (including phenoxy) is 2. The summed E-state index contributed by atoms with van der Waals surface area (Å²) < 4.78 is 10.8. The third-order valence-corrected chi connectivity index (χ3v) is 2.88. The maximum Gasteiger partial charge on any atom is 0.323 e. The number of morpholine rings is 1. The van der Waals surface area contributed by atoms with E-state index in [1.165, 1.54) is 0 Å². The summed E-state index contributed by atoms with van der Waals surface area (Å²) in [7, 11) is 1.70. The Morgan fingerprint density at radius 1 is 1.48 bits per heavy atom. The van der Waals surface area contributed by atoms with E-state index < -0.39 is 11.9 Å². The second kappa shape index (κ2) is 6.53. The predicted molar refractivity (Wildman–Crippen MR) is 76.3 cm³/mol. The highest BCUT2D eigenvalue weighted by Crippen LogP contribution is 2.19. The standard InChI is InChI=1S/C12H20N6O3/c1-7(2)21-12-16-10(14-3)15-11(17-12)18-4-5-20-6-8(18)9(13)19/h7-8H,4-6H2,1-3H3,(H2,13,19)(H,14,15,16,17). The van der Waals surface area contributed by atoms with Crippen molar-refractivity contribution >= 4 is 17.8 Å². The van der Waals surface area contributed by atoms with Crippen molar-refractivity contribution in [3.05, 3.63) is 0 Å². The second-order valence-corrected chi connectivity index (χ2v) is 4.84. The minimum atomic E-state index is -0.599. The first kappa shape index (κ1) is 15.2. The number of carbonyl (C=O) groups is 1. The number of nitrogens with zero attached hydrogens (tertiary/aromatic N) is 4. The van der Waals surface area contributed by atoms with Gasteiger partial charge in [0.2, 0.25) is 17.8 Å². The smallest absolute Gasteiger partial charge is 0.323 e. The Morgan fingerprint density at radius 2 is 2.24 bits per heavy atom. The maximum atomic E-state index is 11.5. The van der Waals surface area contributed by atoms with Gasteiger partial charge in [0.25, 0.3) is 0 Å². The normalized spacial score (nSPS) is 18.7. The molecule has 0 aliphatic carbocycles. The zero-order valence-electron chi connectivity index (χ0n) is 12.4. The van der Waals surface area contributed by atoms with Crippen LogP contribution in [0.3, 0.4) is 0 Å². The summed E-state index contributed by atoms with van der Waals surface area (Å²) >= 11 is 0. The molecular weight excluding hydrogens is 276 g/mol. The van der Waals surface area contributed by atoms with Gasteiger partial charge in [0.05, 0.1) is 19.3 Å². The molecule has 1 saturated heterocycles. The Hall–Kier alpha value is -2.16. The van der Waals surface area contributed by atoms with Crippen molar-refractivity contribution in [1.29, 1.82) is 0 Å². The van der Waals surface area contributed by atoms with Crippen molar-refractivity contribution in [3.8, 4) is 6.01 Å². The quantitative estimate of drug-likeness (QED) is 0.739. The van der Waals surface area contributed by atoms with Crippen molar-refractivity contribution in [3.63, 3.8) is 0 Å². The van der Waals surface area contributed by atoms with Gasteiger partial charge in [-0.25, -0.2) is 0 Å². The number of amides is 1. The van der Waals surface area contributed by atoms with Gasteiger partial charge in [0.1, 0.15) is 6.04 Å². The summed E-state index contributed by atoms with van der Waals surface area (Å²) in [5.41, 5.74) is 5.41. The fourth-order valence-corrected chi connectivity index (χ4v) is 1.93. The van der Waals surface area contributed by atoms with Crippen LogP contribution in [0.1, 0.15) is 13.8 Å². The molecule has 2 rings (SSSR count). The Kier molecular flexibility index (Phi) is 4.73. The van der Waals surface area contributed by atoms with E-state index in [9.17, 15) is 4.79 Å². The topological polar surface area (TPSA) is 115 Å². The lowest BCUT2D eigenvalue weighted by molar-refractivity contribution is -0.121. The van der Waals surface area contributed by atoms with Crippen molar-refractivity contribution in [1.82, 2.24) is 15.0 Å². The largest absolute Gasteiger partial charge is 0.461 e. The molecule has 1 aromatic rings.